The quantitative estimate of drug-likeness (QED) is 0.260. The highest BCUT2D eigenvalue weighted by atomic mass is 32.1. The molecule has 4 aromatic carbocycles. The molecule has 4 nitrogen and oxygen atoms in total. The minimum atomic E-state index is 0.549. The zero-order valence-electron chi connectivity index (χ0n) is 18.1. The minimum Gasteiger partial charge on any atom is -0.489 e. The number of hydrogen-bond acceptors (Lipinski definition) is 5. The molecule has 1 N–H and O–H groups in total. The number of nitrogens with zero attached hydrogens (tertiary/aromatic N) is 1. The van der Waals surface area contributed by atoms with Gasteiger partial charge in [-0.2, -0.15) is 4.37 Å². The average Bonchev–Trinajstić information content (AvgIpc) is 3.29. The summed E-state index contributed by atoms with van der Waals surface area (Å²) in [6.07, 6.45) is 0. The molecule has 0 atom stereocenters. The van der Waals surface area contributed by atoms with Crippen LogP contribution in [-0.4, -0.2) is 4.37 Å². The predicted octanol–water partition coefficient (Wildman–Crippen LogP) is 7.07. The first-order valence-corrected chi connectivity index (χ1v) is 11.7. The molecule has 0 radical (unpaired) electrons. The third-order valence-electron chi connectivity index (χ3n) is 5.32. The Balaban J connectivity index is 1.19. The first kappa shape index (κ1) is 21.0. The van der Waals surface area contributed by atoms with Crippen LogP contribution in [0, 0.1) is 0 Å². The number of hydrogen-bond donors (Lipinski definition) is 1. The molecule has 0 amide bonds. The van der Waals surface area contributed by atoms with E-state index < -0.39 is 0 Å². The van der Waals surface area contributed by atoms with E-state index in [2.05, 4.69) is 58.2 Å². The first-order valence-electron chi connectivity index (χ1n) is 10.9. The van der Waals surface area contributed by atoms with E-state index >= 15 is 0 Å². The summed E-state index contributed by atoms with van der Waals surface area (Å²) >= 11 is 1.49. The smallest absolute Gasteiger partial charge is 0.147 e. The zero-order chi connectivity index (χ0) is 22.3. The van der Waals surface area contributed by atoms with E-state index in [1.165, 1.54) is 17.1 Å². The summed E-state index contributed by atoms with van der Waals surface area (Å²) in [5, 5.41) is 4.56. The van der Waals surface area contributed by atoms with Gasteiger partial charge in [-0.1, -0.05) is 72.8 Å². The van der Waals surface area contributed by atoms with Crippen molar-refractivity contribution in [2.24, 2.45) is 0 Å². The Morgan fingerprint density at radius 3 is 2.03 bits per heavy atom. The van der Waals surface area contributed by atoms with Crippen molar-refractivity contribution in [2.45, 2.75) is 19.8 Å². The first-order chi connectivity index (χ1) is 16.3. The van der Waals surface area contributed by atoms with Gasteiger partial charge in [0.1, 0.15) is 30.5 Å². The monoisotopic (exact) mass is 452 g/mol. The van der Waals surface area contributed by atoms with Crippen molar-refractivity contribution in [1.82, 2.24) is 4.37 Å². The third-order valence-corrected chi connectivity index (χ3v) is 6.15. The van der Waals surface area contributed by atoms with Crippen LogP contribution in [0.4, 0.5) is 5.82 Å². The molecule has 1 heterocycles. The molecule has 164 valence electrons. The lowest BCUT2D eigenvalue weighted by Crippen LogP contribution is -2.01. The summed E-state index contributed by atoms with van der Waals surface area (Å²) in [6.45, 7) is 1.81. The van der Waals surface area contributed by atoms with Crippen LogP contribution >= 0.6 is 11.5 Å². The number of aromatic nitrogens is 1. The fraction of sp³-hybridized carbons (Fsp3) is 0.107. The second-order valence-corrected chi connectivity index (χ2v) is 8.54. The minimum absolute atomic E-state index is 0.549. The molecule has 33 heavy (non-hydrogen) atoms. The molecule has 0 spiro atoms. The lowest BCUT2D eigenvalue weighted by Gasteiger charge is -2.09. The van der Waals surface area contributed by atoms with Crippen molar-refractivity contribution >= 4 is 27.4 Å². The van der Waals surface area contributed by atoms with Gasteiger partial charge in [-0.05, 0) is 58.6 Å². The van der Waals surface area contributed by atoms with Crippen molar-refractivity contribution in [3.8, 4) is 11.5 Å². The van der Waals surface area contributed by atoms with Crippen molar-refractivity contribution in [3.05, 3.63) is 120 Å². The van der Waals surface area contributed by atoms with Gasteiger partial charge in [-0.3, -0.25) is 0 Å². The van der Waals surface area contributed by atoms with Gasteiger partial charge in [-0.15, -0.1) is 0 Å². The highest BCUT2D eigenvalue weighted by Gasteiger charge is 2.08. The van der Waals surface area contributed by atoms with Crippen LogP contribution < -0.4 is 14.8 Å². The van der Waals surface area contributed by atoms with Gasteiger partial charge >= 0.3 is 0 Å². The van der Waals surface area contributed by atoms with E-state index in [1.807, 2.05) is 54.6 Å². The van der Waals surface area contributed by atoms with Crippen molar-refractivity contribution in [1.29, 1.82) is 0 Å². The highest BCUT2D eigenvalue weighted by molar-refractivity contribution is 7.13. The lowest BCUT2D eigenvalue weighted by atomic mass is 10.1. The van der Waals surface area contributed by atoms with E-state index in [0.717, 1.165) is 38.5 Å². The van der Waals surface area contributed by atoms with Crippen LogP contribution in [0.25, 0.3) is 10.1 Å². The van der Waals surface area contributed by atoms with Crippen molar-refractivity contribution < 1.29 is 9.47 Å². The SMILES string of the molecule is c1ccc(COc2ccc3snc(NCc4ccc(COc5ccccc5)cc4)c3c2)cc1. The van der Waals surface area contributed by atoms with Gasteiger partial charge in [0, 0.05) is 11.9 Å². The Morgan fingerprint density at radius 1 is 0.636 bits per heavy atom. The third kappa shape index (κ3) is 5.51. The van der Waals surface area contributed by atoms with E-state index in [0.29, 0.717) is 19.8 Å². The molecule has 5 aromatic rings. The topological polar surface area (TPSA) is 43.4 Å². The molecule has 1 aromatic heterocycles. The Morgan fingerprint density at radius 2 is 1.27 bits per heavy atom. The van der Waals surface area contributed by atoms with E-state index in [1.54, 1.807) is 0 Å². The van der Waals surface area contributed by atoms with E-state index in [4.69, 9.17) is 9.47 Å². The van der Waals surface area contributed by atoms with Crippen molar-refractivity contribution in [2.75, 3.05) is 5.32 Å². The number of nitrogens with one attached hydrogen (secondary N) is 1. The Labute approximate surface area is 197 Å². The number of fused-ring (bicyclic) bond motifs is 1. The summed E-state index contributed by atoms with van der Waals surface area (Å²) < 4.78 is 17.6. The standard InChI is InChI=1S/C28H24N2O2S/c1-3-7-22(8-4-1)19-32-25-15-16-27-26(17-25)28(30-33-27)29-18-21-11-13-23(14-12-21)20-31-24-9-5-2-6-10-24/h1-17H,18-20H2,(H,29,30). The molecule has 0 aliphatic heterocycles. The molecule has 0 saturated carbocycles. The zero-order valence-corrected chi connectivity index (χ0v) is 18.9. The molecular weight excluding hydrogens is 428 g/mol. The number of para-hydroxylation sites is 1. The van der Waals surface area contributed by atoms with Crippen molar-refractivity contribution in [3.63, 3.8) is 0 Å². The molecule has 0 bridgehead atoms. The number of rotatable bonds is 9. The van der Waals surface area contributed by atoms with Gasteiger partial charge in [0.15, 0.2) is 0 Å². The van der Waals surface area contributed by atoms with Gasteiger partial charge in [-0.25, -0.2) is 0 Å². The number of anilines is 1. The molecule has 0 aliphatic rings. The maximum Gasteiger partial charge on any atom is 0.147 e. The summed E-state index contributed by atoms with van der Waals surface area (Å²) in [5.41, 5.74) is 3.48. The van der Waals surface area contributed by atoms with Gasteiger partial charge in [0.2, 0.25) is 0 Å². The van der Waals surface area contributed by atoms with Crippen LogP contribution in [0.3, 0.4) is 0 Å². The summed E-state index contributed by atoms with van der Waals surface area (Å²) in [5.74, 6) is 2.61. The molecule has 5 heteroatoms. The van der Waals surface area contributed by atoms with Crippen LogP contribution in [0.2, 0.25) is 0 Å². The van der Waals surface area contributed by atoms with Crippen LogP contribution in [0.1, 0.15) is 16.7 Å². The summed E-state index contributed by atoms with van der Waals surface area (Å²) in [4.78, 5) is 0. The second-order valence-electron chi connectivity index (χ2n) is 7.74. The van der Waals surface area contributed by atoms with Crippen LogP contribution in [0.5, 0.6) is 11.5 Å². The molecule has 0 aliphatic carbocycles. The van der Waals surface area contributed by atoms with E-state index in [-0.39, 0.29) is 0 Å². The Hall–Kier alpha value is -3.83. The Kier molecular flexibility index (Phi) is 6.50. The van der Waals surface area contributed by atoms with E-state index in [9.17, 15) is 0 Å². The average molecular weight is 453 g/mol. The largest absolute Gasteiger partial charge is 0.489 e. The van der Waals surface area contributed by atoms with Crippen LogP contribution in [-0.2, 0) is 19.8 Å². The highest BCUT2D eigenvalue weighted by Crippen LogP contribution is 2.31. The molecule has 0 unspecified atom stereocenters. The second kappa shape index (κ2) is 10.2. The molecule has 5 rings (SSSR count). The van der Waals surface area contributed by atoms with Gasteiger partial charge in [0.05, 0.1) is 4.70 Å². The van der Waals surface area contributed by atoms with Gasteiger partial charge in [0.25, 0.3) is 0 Å². The molecule has 0 fully saturated rings. The van der Waals surface area contributed by atoms with Crippen LogP contribution in [0.15, 0.2) is 103 Å². The maximum atomic E-state index is 5.99. The summed E-state index contributed by atoms with van der Waals surface area (Å²) in [7, 11) is 0. The summed E-state index contributed by atoms with van der Waals surface area (Å²) in [6, 6.07) is 34.7. The maximum absolute atomic E-state index is 5.99. The number of ether oxygens (including phenoxy) is 2. The van der Waals surface area contributed by atoms with Gasteiger partial charge < -0.3 is 14.8 Å². The number of benzene rings is 4. The predicted molar refractivity (Wildman–Crippen MR) is 135 cm³/mol. The lowest BCUT2D eigenvalue weighted by molar-refractivity contribution is 0.306. The normalized spacial score (nSPS) is 10.8. The Bertz CT molecular complexity index is 1300. The molecule has 0 saturated heterocycles. The molecular formula is C28H24N2O2S. The fourth-order valence-corrected chi connectivity index (χ4v) is 4.23. The fourth-order valence-electron chi connectivity index (χ4n) is 3.50.